The average Bonchev–Trinajstić information content (AvgIpc) is 2.02. The number of likely N-dealkylation sites (tertiary alicyclic amines) is 1. The first-order valence-electron chi connectivity index (χ1n) is 4.59. The zero-order valence-corrected chi connectivity index (χ0v) is 9.07. The summed E-state index contributed by atoms with van der Waals surface area (Å²) in [5.41, 5.74) is 1.14. The van der Waals surface area contributed by atoms with E-state index in [1.165, 1.54) is 19.5 Å². The Labute approximate surface area is 85.2 Å². The maximum atomic E-state index is 3.95. The molecule has 74 valence electrons. The Bertz CT molecular complexity index is 185. The lowest BCUT2D eigenvalue weighted by Crippen LogP contribution is -2.42. The van der Waals surface area contributed by atoms with Gasteiger partial charge in [0.15, 0.2) is 0 Å². The smallest absolute Gasteiger partial charge is 0.0217 e. The van der Waals surface area contributed by atoms with Gasteiger partial charge in [-0.15, -0.1) is 0 Å². The molecule has 0 bridgehead atoms. The van der Waals surface area contributed by atoms with Crippen molar-refractivity contribution in [1.82, 2.24) is 9.62 Å². The third-order valence-corrected chi connectivity index (χ3v) is 2.84. The van der Waals surface area contributed by atoms with Gasteiger partial charge in [-0.25, -0.2) is 0 Å². The minimum absolute atomic E-state index is 0.846. The zero-order chi connectivity index (χ0) is 9.68. The third kappa shape index (κ3) is 3.35. The van der Waals surface area contributed by atoms with Crippen molar-refractivity contribution < 1.29 is 0 Å². The first-order valence-corrected chi connectivity index (χ1v) is 5.82. The molecule has 1 fully saturated rings. The molecule has 0 unspecified atom stereocenters. The third-order valence-electron chi connectivity index (χ3n) is 2.34. The van der Waals surface area contributed by atoms with Crippen molar-refractivity contribution in [3.8, 4) is 0 Å². The Hall–Kier alpha value is -0.570. The first-order chi connectivity index (χ1) is 6.26. The second-order valence-electron chi connectivity index (χ2n) is 3.45. The highest BCUT2D eigenvalue weighted by Gasteiger charge is 2.22. The van der Waals surface area contributed by atoms with Crippen LogP contribution in [0.5, 0.6) is 0 Å². The Balaban J connectivity index is 2.01. The number of nitrogens with zero attached hydrogens (tertiary/aromatic N) is 1. The van der Waals surface area contributed by atoms with Gasteiger partial charge in [-0.3, -0.25) is 0 Å². The second kappa shape index (κ2) is 5.22. The van der Waals surface area contributed by atoms with Gasteiger partial charge in [0.25, 0.3) is 0 Å². The van der Waals surface area contributed by atoms with Gasteiger partial charge in [0.2, 0.25) is 0 Å². The monoisotopic (exact) mass is 198 g/mol. The van der Waals surface area contributed by atoms with E-state index in [0.717, 1.165) is 18.0 Å². The van der Waals surface area contributed by atoms with Crippen LogP contribution in [0.4, 0.5) is 0 Å². The molecule has 0 aliphatic carbocycles. The molecule has 0 radical (unpaired) electrons. The minimum Gasteiger partial charge on any atom is -0.377 e. The van der Waals surface area contributed by atoms with Crippen molar-refractivity contribution in [1.29, 1.82) is 0 Å². The van der Waals surface area contributed by atoms with Gasteiger partial charge in [-0.1, -0.05) is 25.1 Å². The largest absolute Gasteiger partial charge is 0.377 e. The number of nitrogens with one attached hydrogen (secondary N) is 1. The molecule has 13 heavy (non-hydrogen) atoms. The van der Waals surface area contributed by atoms with Gasteiger partial charge in [0.05, 0.1) is 0 Å². The molecule has 0 aromatic carbocycles. The fraction of sp³-hybridized carbons (Fsp3) is 0.600. The summed E-state index contributed by atoms with van der Waals surface area (Å²) in [5.74, 6) is 0.846. The van der Waals surface area contributed by atoms with E-state index in [9.17, 15) is 0 Å². The molecule has 0 spiro atoms. The second-order valence-corrected chi connectivity index (χ2v) is 4.06. The van der Waals surface area contributed by atoms with Crippen LogP contribution in [-0.4, -0.2) is 24.2 Å². The molecule has 0 aromatic heterocycles. The molecular weight excluding hydrogens is 180 g/mol. The van der Waals surface area contributed by atoms with Crippen LogP contribution in [0.15, 0.2) is 25.1 Å². The van der Waals surface area contributed by atoms with Crippen molar-refractivity contribution in [2.45, 2.75) is 12.8 Å². The van der Waals surface area contributed by atoms with Crippen LogP contribution in [0.2, 0.25) is 0 Å². The molecule has 1 saturated heterocycles. The number of rotatable bonds is 6. The summed E-state index contributed by atoms with van der Waals surface area (Å²) >= 11 is 1.62. The quantitative estimate of drug-likeness (QED) is 0.659. The molecule has 1 heterocycles. The SMILES string of the molecule is C=CN1CC(CCC(=C)NSC)C1. The summed E-state index contributed by atoms with van der Waals surface area (Å²) in [4.78, 5) is 2.25. The summed E-state index contributed by atoms with van der Waals surface area (Å²) in [6.07, 6.45) is 6.28. The molecule has 1 aliphatic heterocycles. The highest BCUT2D eigenvalue weighted by atomic mass is 32.2. The summed E-state index contributed by atoms with van der Waals surface area (Å²) in [7, 11) is 0. The van der Waals surface area contributed by atoms with E-state index in [4.69, 9.17) is 0 Å². The number of allylic oxidation sites excluding steroid dienone is 1. The fourth-order valence-electron chi connectivity index (χ4n) is 1.52. The molecule has 0 atom stereocenters. The van der Waals surface area contributed by atoms with Crippen LogP contribution in [0.3, 0.4) is 0 Å². The van der Waals surface area contributed by atoms with Crippen molar-refractivity contribution in [3.63, 3.8) is 0 Å². The normalized spacial score (nSPS) is 16.5. The fourth-order valence-corrected chi connectivity index (χ4v) is 1.91. The molecule has 2 nitrogen and oxygen atoms in total. The van der Waals surface area contributed by atoms with Crippen molar-refractivity contribution >= 4 is 11.9 Å². The van der Waals surface area contributed by atoms with Gasteiger partial charge in [0, 0.05) is 25.0 Å². The summed E-state index contributed by atoms with van der Waals surface area (Å²) in [5, 5.41) is 0. The molecule has 0 amide bonds. The summed E-state index contributed by atoms with van der Waals surface area (Å²) in [6.45, 7) is 10.0. The highest BCUT2D eigenvalue weighted by molar-refractivity contribution is 7.96. The lowest BCUT2D eigenvalue weighted by atomic mass is 9.95. The topological polar surface area (TPSA) is 15.3 Å². The van der Waals surface area contributed by atoms with E-state index in [0.29, 0.717) is 0 Å². The Morgan fingerprint density at radius 3 is 2.92 bits per heavy atom. The van der Waals surface area contributed by atoms with Gasteiger partial charge in [0.1, 0.15) is 0 Å². The van der Waals surface area contributed by atoms with E-state index in [2.05, 4.69) is 22.8 Å². The van der Waals surface area contributed by atoms with Crippen LogP contribution in [0.25, 0.3) is 0 Å². The van der Waals surface area contributed by atoms with E-state index in [1.807, 2.05) is 12.5 Å². The Kier molecular flexibility index (Phi) is 4.22. The molecule has 1 rings (SSSR count). The molecular formula is C10H18N2S. The minimum atomic E-state index is 0.846. The van der Waals surface area contributed by atoms with E-state index in [1.54, 1.807) is 11.9 Å². The van der Waals surface area contributed by atoms with E-state index < -0.39 is 0 Å². The summed E-state index contributed by atoms with van der Waals surface area (Å²) in [6, 6.07) is 0. The maximum Gasteiger partial charge on any atom is 0.0217 e. The predicted molar refractivity (Wildman–Crippen MR) is 60.3 cm³/mol. The van der Waals surface area contributed by atoms with E-state index >= 15 is 0 Å². The zero-order valence-electron chi connectivity index (χ0n) is 8.25. The van der Waals surface area contributed by atoms with Crippen LogP contribution in [0.1, 0.15) is 12.8 Å². The van der Waals surface area contributed by atoms with Gasteiger partial charge in [-0.05, 0) is 25.0 Å². The maximum absolute atomic E-state index is 3.95. The molecule has 3 heteroatoms. The van der Waals surface area contributed by atoms with Crippen LogP contribution in [0, 0.1) is 5.92 Å². The highest BCUT2D eigenvalue weighted by Crippen LogP contribution is 2.21. The van der Waals surface area contributed by atoms with Crippen molar-refractivity contribution in [2.24, 2.45) is 5.92 Å². The molecule has 0 aromatic rings. The number of hydrogen-bond donors (Lipinski definition) is 1. The Morgan fingerprint density at radius 2 is 2.38 bits per heavy atom. The summed E-state index contributed by atoms with van der Waals surface area (Å²) < 4.78 is 3.16. The predicted octanol–water partition coefficient (Wildman–Crippen LogP) is 2.22. The number of hydrogen-bond acceptors (Lipinski definition) is 3. The molecule has 1 N–H and O–H groups in total. The van der Waals surface area contributed by atoms with Crippen LogP contribution in [-0.2, 0) is 0 Å². The van der Waals surface area contributed by atoms with Crippen LogP contribution >= 0.6 is 11.9 Å². The van der Waals surface area contributed by atoms with Crippen molar-refractivity contribution in [3.05, 3.63) is 25.1 Å². The standard InChI is InChI=1S/C10H18N2S/c1-4-12-7-10(8-12)6-5-9(2)11-13-3/h4,10-11H,1-2,5-8H2,3H3. The lowest BCUT2D eigenvalue weighted by Gasteiger charge is -2.38. The first kappa shape index (κ1) is 10.5. The average molecular weight is 198 g/mol. The van der Waals surface area contributed by atoms with Crippen molar-refractivity contribution in [2.75, 3.05) is 19.3 Å². The van der Waals surface area contributed by atoms with Crippen LogP contribution < -0.4 is 4.72 Å². The van der Waals surface area contributed by atoms with Gasteiger partial charge < -0.3 is 9.62 Å². The Morgan fingerprint density at radius 1 is 1.69 bits per heavy atom. The van der Waals surface area contributed by atoms with Gasteiger partial charge in [-0.2, -0.15) is 0 Å². The lowest BCUT2D eigenvalue weighted by molar-refractivity contribution is 0.152. The van der Waals surface area contributed by atoms with E-state index in [-0.39, 0.29) is 0 Å². The molecule has 0 saturated carbocycles. The van der Waals surface area contributed by atoms with Gasteiger partial charge >= 0.3 is 0 Å². The molecule has 1 aliphatic rings.